The molecule has 0 aliphatic rings. The lowest BCUT2D eigenvalue weighted by atomic mass is 10.2. The highest BCUT2D eigenvalue weighted by molar-refractivity contribution is 6.31. The van der Waals surface area contributed by atoms with Gasteiger partial charge in [-0.05, 0) is 29.5 Å². The zero-order valence-electron chi connectivity index (χ0n) is 16.2. The predicted octanol–water partition coefficient (Wildman–Crippen LogP) is 4.45. The second kappa shape index (κ2) is 9.89. The van der Waals surface area contributed by atoms with Crippen LogP contribution in [0.2, 0.25) is 5.02 Å². The van der Waals surface area contributed by atoms with Gasteiger partial charge in [-0.2, -0.15) is 0 Å². The van der Waals surface area contributed by atoms with Crippen LogP contribution in [0.1, 0.15) is 18.4 Å². The van der Waals surface area contributed by atoms with Gasteiger partial charge in [0.1, 0.15) is 5.82 Å². The molecule has 2 N–H and O–H groups in total. The summed E-state index contributed by atoms with van der Waals surface area (Å²) >= 11 is 6.09. The van der Waals surface area contributed by atoms with E-state index in [9.17, 15) is 9.59 Å². The van der Waals surface area contributed by atoms with Crippen LogP contribution in [0.4, 0.5) is 10.6 Å². The Morgan fingerprint density at radius 3 is 2.59 bits per heavy atom. The van der Waals surface area contributed by atoms with Gasteiger partial charge >= 0.3 is 6.03 Å². The number of nitrogens with one attached hydrogen (secondary N) is 2. The Hall–Kier alpha value is -3.12. The first-order valence-corrected chi connectivity index (χ1v) is 9.78. The molecule has 0 fully saturated rings. The maximum atomic E-state index is 12.2. The highest BCUT2D eigenvalue weighted by atomic mass is 35.5. The molecule has 0 radical (unpaired) electrons. The van der Waals surface area contributed by atoms with Crippen molar-refractivity contribution >= 4 is 40.1 Å². The Bertz CT molecular complexity index is 1010. The number of pyridine rings is 1. The van der Waals surface area contributed by atoms with Crippen molar-refractivity contribution in [2.45, 2.75) is 19.4 Å². The molecule has 0 aliphatic carbocycles. The standard InChI is InChI=1S/C22H23ClN4O2/c1-27(22(29)25-15-18-9-4-5-10-19(18)23)12-6-11-21(28)26-20-13-16-7-2-3-8-17(16)14-24-20/h2-5,7-10,13-14H,6,11-12,15H2,1H3,(H,25,29)(H,24,26,28). The average molecular weight is 411 g/mol. The molecule has 0 saturated carbocycles. The number of halogens is 1. The minimum atomic E-state index is -0.207. The third-order valence-corrected chi connectivity index (χ3v) is 4.90. The van der Waals surface area contributed by atoms with E-state index >= 15 is 0 Å². The summed E-state index contributed by atoms with van der Waals surface area (Å²) < 4.78 is 0. The van der Waals surface area contributed by atoms with Crippen molar-refractivity contribution in [2.24, 2.45) is 0 Å². The van der Waals surface area contributed by atoms with Gasteiger partial charge < -0.3 is 15.5 Å². The number of hydrogen-bond acceptors (Lipinski definition) is 3. The van der Waals surface area contributed by atoms with Crippen LogP contribution < -0.4 is 10.6 Å². The predicted molar refractivity (Wildman–Crippen MR) is 116 cm³/mol. The van der Waals surface area contributed by atoms with Crippen molar-refractivity contribution < 1.29 is 9.59 Å². The topological polar surface area (TPSA) is 74.3 Å². The normalized spacial score (nSPS) is 10.6. The first-order chi connectivity index (χ1) is 14.0. The third-order valence-electron chi connectivity index (χ3n) is 4.53. The maximum absolute atomic E-state index is 12.2. The zero-order valence-corrected chi connectivity index (χ0v) is 16.9. The fourth-order valence-corrected chi connectivity index (χ4v) is 3.09. The van der Waals surface area contributed by atoms with Crippen LogP contribution in [0.15, 0.2) is 60.8 Å². The van der Waals surface area contributed by atoms with Crippen LogP contribution in [-0.2, 0) is 11.3 Å². The number of benzene rings is 2. The minimum Gasteiger partial charge on any atom is -0.334 e. The number of urea groups is 1. The van der Waals surface area contributed by atoms with E-state index in [2.05, 4.69) is 15.6 Å². The lowest BCUT2D eigenvalue weighted by molar-refractivity contribution is -0.116. The van der Waals surface area contributed by atoms with Gasteiger partial charge in [0.15, 0.2) is 0 Å². The number of aromatic nitrogens is 1. The fraction of sp³-hybridized carbons (Fsp3) is 0.227. The number of hydrogen-bond donors (Lipinski definition) is 2. The second-order valence-electron chi connectivity index (χ2n) is 6.74. The van der Waals surface area contributed by atoms with Gasteiger partial charge in [0.25, 0.3) is 0 Å². The van der Waals surface area contributed by atoms with Crippen LogP contribution in [0.25, 0.3) is 10.8 Å². The molecule has 2 aromatic carbocycles. The van der Waals surface area contributed by atoms with E-state index in [-0.39, 0.29) is 11.9 Å². The number of carbonyl (C=O) groups excluding carboxylic acids is 2. The monoisotopic (exact) mass is 410 g/mol. The molecule has 0 saturated heterocycles. The molecular weight excluding hydrogens is 388 g/mol. The molecular formula is C22H23ClN4O2. The van der Waals surface area contributed by atoms with Crippen molar-refractivity contribution in [1.29, 1.82) is 0 Å². The van der Waals surface area contributed by atoms with Gasteiger partial charge in [-0.25, -0.2) is 9.78 Å². The number of anilines is 1. The van der Waals surface area contributed by atoms with Crippen molar-refractivity contribution in [2.75, 3.05) is 18.9 Å². The number of carbonyl (C=O) groups is 2. The summed E-state index contributed by atoms with van der Waals surface area (Å²) in [4.78, 5) is 30.2. The molecule has 150 valence electrons. The van der Waals surface area contributed by atoms with Gasteiger partial charge in [-0.1, -0.05) is 54.1 Å². The Labute approximate surface area is 174 Å². The molecule has 6 nitrogen and oxygen atoms in total. The average Bonchev–Trinajstić information content (AvgIpc) is 2.72. The van der Waals surface area contributed by atoms with Crippen molar-refractivity contribution in [1.82, 2.24) is 15.2 Å². The highest BCUT2D eigenvalue weighted by Gasteiger charge is 2.10. The molecule has 7 heteroatoms. The molecule has 3 rings (SSSR count). The summed E-state index contributed by atoms with van der Waals surface area (Å²) in [6, 6.07) is 16.9. The Morgan fingerprint density at radius 2 is 1.79 bits per heavy atom. The Kier molecular flexibility index (Phi) is 7.03. The lowest BCUT2D eigenvalue weighted by Gasteiger charge is -2.18. The molecule has 0 spiro atoms. The summed E-state index contributed by atoms with van der Waals surface area (Å²) in [5.74, 6) is 0.400. The molecule has 3 aromatic rings. The summed E-state index contributed by atoms with van der Waals surface area (Å²) in [5, 5.41) is 8.30. The minimum absolute atomic E-state index is 0.127. The molecule has 0 unspecified atom stereocenters. The maximum Gasteiger partial charge on any atom is 0.317 e. The van der Waals surface area contributed by atoms with Crippen molar-refractivity contribution in [3.8, 4) is 0 Å². The summed E-state index contributed by atoms with van der Waals surface area (Å²) in [7, 11) is 1.70. The zero-order chi connectivity index (χ0) is 20.6. The Balaban J connectivity index is 1.40. The van der Waals surface area contributed by atoms with E-state index in [1.807, 2.05) is 48.5 Å². The van der Waals surface area contributed by atoms with Crippen LogP contribution in [0.5, 0.6) is 0 Å². The highest BCUT2D eigenvalue weighted by Crippen LogP contribution is 2.16. The van der Waals surface area contributed by atoms with Gasteiger partial charge in [-0.15, -0.1) is 0 Å². The summed E-state index contributed by atoms with van der Waals surface area (Å²) in [6.07, 6.45) is 2.59. The third kappa shape index (κ3) is 5.93. The van der Waals surface area contributed by atoms with Crippen LogP contribution in [0.3, 0.4) is 0 Å². The first kappa shape index (κ1) is 20.6. The quantitative estimate of drug-likeness (QED) is 0.604. The molecule has 1 heterocycles. The van der Waals surface area contributed by atoms with Crippen LogP contribution in [-0.4, -0.2) is 35.4 Å². The Morgan fingerprint density at radius 1 is 1.07 bits per heavy atom. The van der Waals surface area contributed by atoms with Gasteiger partial charge in [0.2, 0.25) is 5.91 Å². The van der Waals surface area contributed by atoms with Gasteiger partial charge in [0.05, 0.1) is 0 Å². The van der Waals surface area contributed by atoms with Crippen molar-refractivity contribution in [3.63, 3.8) is 0 Å². The second-order valence-corrected chi connectivity index (χ2v) is 7.15. The van der Waals surface area contributed by atoms with Crippen LogP contribution >= 0.6 is 11.6 Å². The molecule has 29 heavy (non-hydrogen) atoms. The smallest absolute Gasteiger partial charge is 0.317 e. The fourth-order valence-electron chi connectivity index (χ4n) is 2.88. The number of fused-ring (bicyclic) bond motifs is 1. The SMILES string of the molecule is CN(CCCC(=O)Nc1cc2ccccc2cn1)C(=O)NCc1ccccc1Cl. The summed E-state index contributed by atoms with van der Waals surface area (Å²) in [5.41, 5.74) is 0.859. The largest absolute Gasteiger partial charge is 0.334 e. The van der Waals surface area contributed by atoms with Crippen LogP contribution in [0, 0.1) is 0 Å². The van der Waals surface area contributed by atoms with Gasteiger partial charge in [-0.3, -0.25) is 4.79 Å². The molecule has 0 aliphatic heterocycles. The number of rotatable bonds is 7. The molecule has 0 bridgehead atoms. The molecule has 3 amide bonds. The molecule has 1 aromatic heterocycles. The van der Waals surface area contributed by atoms with E-state index in [1.54, 1.807) is 24.2 Å². The van der Waals surface area contributed by atoms with E-state index in [4.69, 9.17) is 11.6 Å². The van der Waals surface area contributed by atoms with E-state index in [0.29, 0.717) is 36.8 Å². The van der Waals surface area contributed by atoms with E-state index in [1.165, 1.54) is 0 Å². The number of amides is 3. The van der Waals surface area contributed by atoms with E-state index < -0.39 is 0 Å². The van der Waals surface area contributed by atoms with E-state index in [0.717, 1.165) is 16.3 Å². The summed E-state index contributed by atoms with van der Waals surface area (Å²) in [6.45, 7) is 0.823. The van der Waals surface area contributed by atoms with Gasteiger partial charge in [0, 0.05) is 43.2 Å². The first-order valence-electron chi connectivity index (χ1n) is 9.40. The number of nitrogens with zero attached hydrogens (tertiary/aromatic N) is 2. The lowest BCUT2D eigenvalue weighted by Crippen LogP contribution is -2.37. The van der Waals surface area contributed by atoms with Crippen molar-refractivity contribution in [3.05, 3.63) is 71.4 Å². The molecule has 0 atom stereocenters.